The molecule has 4 nitrogen and oxygen atoms in total. The lowest BCUT2D eigenvalue weighted by molar-refractivity contribution is -0.494. The van der Waals surface area contributed by atoms with E-state index in [1.54, 1.807) is 0 Å². The summed E-state index contributed by atoms with van der Waals surface area (Å²) in [7, 11) is 0. The molecule has 0 unspecified atom stereocenters. The molecule has 1 aliphatic rings. The molecule has 0 saturated carbocycles. The van der Waals surface area contributed by atoms with E-state index in [2.05, 4.69) is 24.4 Å². The lowest BCUT2D eigenvalue weighted by atomic mass is 9.93. The van der Waals surface area contributed by atoms with E-state index >= 15 is 0 Å². The monoisotopic (exact) mass is 327 g/mol. The molecule has 1 aliphatic heterocycles. The third-order valence-corrected chi connectivity index (χ3v) is 4.29. The average Bonchev–Trinajstić information content (AvgIpc) is 2.57. The van der Waals surface area contributed by atoms with Crippen LogP contribution in [0.2, 0.25) is 0 Å². The molecular weight excluding hydrogens is 302 g/mol. The van der Waals surface area contributed by atoms with Crippen LogP contribution in [0.3, 0.4) is 0 Å². The van der Waals surface area contributed by atoms with Crippen LogP contribution >= 0.6 is 0 Å². The van der Waals surface area contributed by atoms with Gasteiger partial charge in [0.05, 0.1) is 0 Å². The number of aryl methyl sites for hydroxylation is 1. The first-order chi connectivity index (χ1) is 11.5. The molecule has 0 amide bonds. The summed E-state index contributed by atoms with van der Waals surface area (Å²) >= 11 is 0. The fraction of sp³-hybridized carbons (Fsp3) is 0.400. The van der Waals surface area contributed by atoms with Crippen LogP contribution in [0.5, 0.6) is 0 Å². The minimum absolute atomic E-state index is 0.187. The Bertz CT molecular complexity index is 674. The van der Waals surface area contributed by atoms with Gasteiger partial charge in [0, 0.05) is 11.6 Å². The van der Waals surface area contributed by atoms with Gasteiger partial charge < -0.3 is 10.1 Å². The molecule has 2 aromatic rings. The van der Waals surface area contributed by atoms with Crippen LogP contribution in [-0.2, 0) is 20.1 Å². The second-order valence-corrected chi connectivity index (χ2v) is 6.79. The summed E-state index contributed by atoms with van der Waals surface area (Å²) in [5.74, 6) is 0.187. The maximum Gasteiger partial charge on any atom is 0.196 e. The molecule has 24 heavy (non-hydrogen) atoms. The van der Waals surface area contributed by atoms with E-state index in [0.29, 0.717) is 0 Å². The predicted molar refractivity (Wildman–Crippen MR) is 94.3 cm³/mol. The lowest BCUT2D eigenvalue weighted by Gasteiger charge is -2.44. The summed E-state index contributed by atoms with van der Waals surface area (Å²) in [6.45, 7) is 8.14. The Morgan fingerprint density at radius 3 is 2.46 bits per heavy atom. The number of rotatable bonds is 4. The van der Waals surface area contributed by atoms with E-state index in [1.807, 2.05) is 63.2 Å². The molecule has 0 radical (unpaired) electrons. The minimum atomic E-state index is -0.754. The third kappa shape index (κ3) is 3.46. The molecule has 0 aliphatic carbocycles. The van der Waals surface area contributed by atoms with Crippen LogP contribution in [0, 0.1) is 12.8 Å². The molecular formula is C20H25NO3. The van der Waals surface area contributed by atoms with Crippen LogP contribution in [0.25, 0.3) is 0 Å². The van der Waals surface area contributed by atoms with Gasteiger partial charge in [-0.15, -0.1) is 0 Å². The van der Waals surface area contributed by atoms with Crippen molar-refractivity contribution in [3.63, 3.8) is 0 Å². The fourth-order valence-corrected chi connectivity index (χ4v) is 2.77. The van der Waals surface area contributed by atoms with Gasteiger partial charge in [0.1, 0.15) is 0 Å². The van der Waals surface area contributed by atoms with Crippen molar-refractivity contribution in [2.45, 2.75) is 45.8 Å². The van der Waals surface area contributed by atoms with Crippen molar-refractivity contribution in [2.24, 2.45) is 5.92 Å². The molecule has 1 fully saturated rings. The molecule has 3 rings (SSSR count). The SMILES string of the molecule is Cc1cccc(N[C@@H]2O[C@H](C(C)C)OO[C@]2(C)c2ccccc2)c1. The Hall–Kier alpha value is -1.88. The average molecular weight is 327 g/mol. The van der Waals surface area contributed by atoms with E-state index in [0.717, 1.165) is 11.3 Å². The zero-order chi connectivity index (χ0) is 17.2. The smallest absolute Gasteiger partial charge is 0.196 e. The molecule has 0 spiro atoms. The topological polar surface area (TPSA) is 39.7 Å². The molecule has 3 atom stereocenters. The van der Waals surface area contributed by atoms with Crippen LogP contribution < -0.4 is 5.32 Å². The summed E-state index contributed by atoms with van der Waals surface area (Å²) in [5.41, 5.74) is 2.43. The molecule has 2 aromatic carbocycles. The highest BCUT2D eigenvalue weighted by atomic mass is 17.2. The van der Waals surface area contributed by atoms with Crippen LogP contribution in [0.4, 0.5) is 5.69 Å². The van der Waals surface area contributed by atoms with E-state index in [4.69, 9.17) is 14.5 Å². The fourth-order valence-electron chi connectivity index (χ4n) is 2.77. The molecule has 1 N–H and O–H groups in total. The van der Waals surface area contributed by atoms with E-state index in [1.165, 1.54) is 5.56 Å². The number of ether oxygens (including phenoxy) is 1. The van der Waals surface area contributed by atoms with E-state index < -0.39 is 11.9 Å². The van der Waals surface area contributed by atoms with Gasteiger partial charge in [0.25, 0.3) is 0 Å². The van der Waals surface area contributed by atoms with Gasteiger partial charge in [-0.1, -0.05) is 56.3 Å². The van der Waals surface area contributed by atoms with Crippen molar-refractivity contribution in [3.8, 4) is 0 Å². The maximum absolute atomic E-state index is 6.20. The van der Waals surface area contributed by atoms with Crippen LogP contribution in [0.1, 0.15) is 31.9 Å². The number of hydrogen-bond acceptors (Lipinski definition) is 4. The van der Waals surface area contributed by atoms with Gasteiger partial charge in [-0.25, -0.2) is 9.78 Å². The number of benzene rings is 2. The van der Waals surface area contributed by atoms with Crippen molar-refractivity contribution >= 4 is 5.69 Å². The maximum atomic E-state index is 6.20. The zero-order valence-corrected chi connectivity index (χ0v) is 14.7. The molecule has 4 heteroatoms. The number of nitrogens with one attached hydrogen (secondary N) is 1. The van der Waals surface area contributed by atoms with E-state index in [-0.39, 0.29) is 12.1 Å². The minimum Gasteiger partial charge on any atom is -0.357 e. The van der Waals surface area contributed by atoms with Crippen molar-refractivity contribution in [2.75, 3.05) is 5.32 Å². The normalized spacial score (nSPS) is 27.2. The summed E-state index contributed by atoms with van der Waals surface area (Å²) in [6, 6.07) is 18.2. The van der Waals surface area contributed by atoms with Gasteiger partial charge in [0.2, 0.25) is 0 Å². The van der Waals surface area contributed by atoms with Crippen LogP contribution in [-0.4, -0.2) is 12.5 Å². The summed E-state index contributed by atoms with van der Waals surface area (Å²) < 4.78 is 6.20. The first-order valence-electron chi connectivity index (χ1n) is 8.38. The van der Waals surface area contributed by atoms with Crippen LogP contribution in [0.15, 0.2) is 54.6 Å². The van der Waals surface area contributed by atoms with Gasteiger partial charge in [0.15, 0.2) is 18.1 Å². The Balaban J connectivity index is 1.91. The Morgan fingerprint density at radius 1 is 1.04 bits per heavy atom. The summed E-state index contributed by atoms with van der Waals surface area (Å²) in [5, 5.41) is 3.47. The number of hydrogen-bond donors (Lipinski definition) is 1. The van der Waals surface area contributed by atoms with Crippen molar-refractivity contribution in [3.05, 3.63) is 65.7 Å². The quantitative estimate of drug-likeness (QED) is 0.833. The number of anilines is 1. The van der Waals surface area contributed by atoms with Crippen molar-refractivity contribution in [1.82, 2.24) is 0 Å². The predicted octanol–water partition coefficient (Wildman–Crippen LogP) is 4.61. The molecule has 1 saturated heterocycles. The highest BCUT2D eigenvalue weighted by Gasteiger charge is 2.46. The first kappa shape index (κ1) is 17.0. The van der Waals surface area contributed by atoms with Crippen molar-refractivity contribution < 1.29 is 14.5 Å². The van der Waals surface area contributed by atoms with Crippen molar-refractivity contribution in [1.29, 1.82) is 0 Å². The van der Waals surface area contributed by atoms with Gasteiger partial charge >= 0.3 is 0 Å². The molecule has 1 heterocycles. The van der Waals surface area contributed by atoms with Gasteiger partial charge in [-0.05, 0) is 37.1 Å². The Morgan fingerprint density at radius 2 is 1.79 bits per heavy atom. The third-order valence-electron chi connectivity index (χ3n) is 4.29. The molecule has 0 bridgehead atoms. The second kappa shape index (κ2) is 6.93. The highest BCUT2D eigenvalue weighted by molar-refractivity contribution is 5.47. The van der Waals surface area contributed by atoms with E-state index in [9.17, 15) is 0 Å². The van der Waals surface area contributed by atoms with Gasteiger partial charge in [-0.3, -0.25) is 0 Å². The molecule has 0 aromatic heterocycles. The first-order valence-corrected chi connectivity index (χ1v) is 8.38. The Labute approximate surface area is 143 Å². The highest BCUT2D eigenvalue weighted by Crippen LogP contribution is 2.38. The standard InChI is InChI=1S/C20H25NO3/c1-14(2)18-22-19(21-17-12-8-9-15(3)13-17)20(4,24-23-18)16-10-6-5-7-11-16/h5-14,18-19,21H,1-4H3/t18-,19+,20+/m0/s1. The lowest BCUT2D eigenvalue weighted by Crippen LogP contribution is -2.53. The largest absolute Gasteiger partial charge is 0.357 e. The van der Waals surface area contributed by atoms with Gasteiger partial charge in [-0.2, -0.15) is 0 Å². The Kier molecular flexibility index (Phi) is 4.90. The summed E-state index contributed by atoms with van der Waals surface area (Å²) in [4.78, 5) is 11.4. The zero-order valence-electron chi connectivity index (χ0n) is 14.7. The summed E-state index contributed by atoms with van der Waals surface area (Å²) in [6.07, 6.45) is -0.785. The molecule has 128 valence electrons. The second-order valence-electron chi connectivity index (χ2n) is 6.79.